The Kier molecular flexibility index (Phi) is 9.60. The zero-order valence-electron chi connectivity index (χ0n) is 23.7. The molecule has 12 heteroatoms. The normalized spacial score (nSPS) is 20.9. The van der Waals surface area contributed by atoms with Gasteiger partial charge in [-0.2, -0.15) is 13.2 Å². The lowest BCUT2D eigenvalue weighted by atomic mass is 9.92. The lowest BCUT2D eigenvalue weighted by molar-refractivity contribution is -0.138. The van der Waals surface area contributed by atoms with Gasteiger partial charge in [-0.1, -0.05) is 29.3 Å². The quantitative estimate of drug-likeness (QED) is 0.143. The van der Waals surface area contributed by atoms with E-state index in [9.17, 15) is 27.2 Å². The van der Waals surface area contributed by atoms with E-state index in [1.165, 1.54) is 18.2 Å². The number of hydrogen-bond donors (Lipinski definition) is 1. The van der Waals surface area contributed by atoms with Crippen LogP contribution in [0.25, 0.3) is 0 Å². The van der Waals surface area contributed by atoms with Gasteiger partial charge in [0, 0.05) is 50.3 Å². The second-order valence-electron chi connectivity index (χ2n) is 10.9. The van der Waals surface area contributed by atoms with E-state index in [1.54, 1.807) is 20.8 Å². The van der Waals surface area contributed by atoms with Crippen molar-refractivity contribution in [2.24, 2.45) is 5.92 Å². The number of benzene rings is 1. The predicted octanol–water partition coefficient (Wildman–Crippen LogP) is 5.74. The van der Waals surface area contributed by atoms with E-state index < -0.39 is 17.6 Å². The third kappa shape index (κ3) is 6.61. The van der Waals surface area contributed by atoms with Crippen LogP contribution < -0.4 is 0 Å². The molecule has 42 heavy (non-hydrogen) atoms. The summed E-state index contributed by atoms with van der Waals surface area (Å²) >= 11 is 5.92. The number of carbonyl (C=O) groups is 2. The Bertz CT molecular complexity index is 1340. The lowest BCUT2D eigenvalue weighted by Crippen LogP contribution is -2.47. The highest BCUT2D eigenvalue weighted by Crippen LogP contribution is 2.36. The van der Waals surface area contributed by atoms with Crippen molar-refractivity contribution in [3.05, 3.63) is 75.8 Å². The Morgan fingerprint density at radius 2 is 1.86 bits per heavy atom. The minimum absolute atomic E-state index is 0.00424. The molecule has 2 aliphatic heterocycles. The molecule has 2 fully saturated rings. The second-order valence-corrected chi connectivity index (χ2v) is 11.3. The van der Waals surface area contributed by atoms with Gasteiger partial charge in [-0.05, 0) is 63.4 Å². The molecule has 1 N–H and O–H groups in total. The van der Waals surface area contributed by atoms with Crippen LogP contribution in [0, 0.1) is 17.1 Å². The van der Waals surface area contributed by atoms with Gasteiger partial charge in [0.2, 0.25) is 12.3 Å². The summed E-state index contributed by atoms with van der Waals surface area (Å²) in [5.41, 5.74) is 0.898. The Hall–Kier alpha value is -3.47. The third-order valence-electron chi connectivity index (χ3n) is 8.53. The Labute approximate surface area is 247 Å². The summed E-state index contributed by atoms with van der Waals surface area (Å²) in [5, 5.41) is 8.43. The summed E-state index contributed by atoms with van der Waals surface area (Å²) in [6.07, 6.45) is -0.164. The average Bonchev–Trinajstić information content (AvgIpc) is 3.42. The molecule has 0 spiro atoms. The van der Waals surface area contributed by atoms with E-state index in [2.05, 4.69) is 4.98 Å². The van der Waals surface area contributed by atoms with Crippen LogP contribution in [-0.4, -0.2) is 76.1 Å². The smallest absolute Gasteiger partial charge is 0.355 e. The Morgan fingerprint density at radius 3 is 2.40 bits per heavy atom. The van der Waals surface area contributed by atoms with Crippen LogP contribution in [-0.2, 0) is 15.8 Å². The zero-order valence-corrected chi connectivity index (χ0v) is 24.4. The lowest BCUT2D eigenvalue weighted by Gasteiger charge is -2.35. The highest BCUT2D eigenvalue weighted by atomic mass is 35.5. The molecular weight excluding hydrogens is 574 g/mol. The van der Waals surface area contributed by atoms with Crippen LogP contribution >= 0.6 is 11.6 Å². The molecule has 2 amide bonds. The molecule has 0 bridgehead atoms. The predicted molar refractivity (Wildman–Crippen MR) is 152 cm³/mol. The molecule has 3 atom stereocenters. The van der Waals surface area contributed by atoms with Crippen LogP contribution in [0.4, 0.5) is 17.6 Å². The number of alkyl halides is 3. The number of allylic oxidation sites excluding steroid dienone is 1. The maximum Gasteiger partial charge on any atom is 0.417 e. The van der Waals surface area contributed by atoms with E-state index in [0.717, 1.165) is 18.0 Å². The number of piperidine rings is 1. The summed E-state index contributed by atoms with van der Waals surface area (Å²) in [7, 11) is 0. The van der Waals surface area contributed by atoms with Gasteiger partial charge in [0.25, 0.3) is 0 Å². The molecule has 1 aromatic heterocycles. The van der Waals surface area contributed by atoms with E-state index >= 15 is 0 Å². The molecule has 3 heterocycles. The Morgan fingerprint density at radius 1 is 1.17 bits per heavy atom. The topological polar surface area (TPSA) is 80.6 Å². The largest absolute Gasteiger partial charge is 0.417 e. The van der Waals surface area contributed by atoms with Crippen LogP contribution in [0.3, 0.4) is 0 Å². The summed E-state index contributed by atoms with van der Waals surface area (Å²) in [6.45, 7) is 7.09. The van der Waals surface area contributed by atoms with Crippen LogP contribution in [0.1, 0.15) is 56.4 Å². The van der Waals surface area contributed by atoms with Gasteiger partial charge >= 0.3 is 6.18 Å². The van der Waals surface area contributed by atoms with Gasteiger partial charge in [0.05, 0.1) is 16.6 Å². The fourth-order valence-corrected chi connectivity index (χ4v) is 5.86. The first-order valence-electron chi connectivity index (χ1n) is 13.8. The molecular formula is C30H34ClF4N5O2. The van der Waals surface area contributed by atoms with Crippen molar-refractivity contribution in [3.8, 4) is 0 Å². The van der Waals surface area contributed by atoms with E-state index in [4.69, 9.17) is 17.0 Å². The average molecular weight is 608 g/mol. The number of amidine groups is 1. The molecule has 2 aliphatic rings. The minimum atomic E-state index is -4.51. The maximum atomic E-state index is 14.4. The molecule has 2 saturated heterocycles. The molecule has 1 aromatic carbocycles. The molecule has 226 valence electrons. The molecule has 7 nitrogen and oxygen atoms in total. The van der Waals surface area contributed by atoms with Crippen molar-refractivity contribution in [1.29, 1.82) is 5.41 Å². The highest BCUT2D eigenvalue weighted by molar-refractivity contribution is 6.30. The van der Waals surface area contributed by atoms with Gasteiger partial charge in [-0.15, -0.1) is 0 Å². The van der Waals surface area contributed by atoms with Crippen molar-refractivity contribution in [1.82, 2.24) is 19.7 Å². The molecule has 0 aliphatic carbocycles. The van der Waals surface area contributed by atoms with Crippen molar-refractivity contribution in [2.45, 2.75) is 57.8 Å². The number of rotatable bonds is 7. The first-order valence-corrected chi connectivity index (χ1v) is 14.2. The molecule has 2 aromatic rings. The molecule has 0 radical (unpaired) electrons. The fraction of sp³-hybridized carbons (Fsp3) is 0.467. The number of halogens is 5. The Balaban J connectivity index is 1.47. The number of nitrogens with one attached hydrogen (secondary N) is 1. The molecule has 3 unspecified atom stereocenters. The monoisotopic (exact) mass is 607 g/mol. The summed E-state index contributed by atoms with van der Waals surface area (Å²) < 4.78 is 53.1. The number of pyridine rings is 1. The number of nitrogens with zero attached hydrogens (tertiary/aromatic N) is 4. The van der Waals surface area contributed by atoms with Crippen LogP contribution in [0.15, 0.2) is 48.2 Å². The van der Waals surface area contributed by atoms with E-state index in [1.807, 2.05) is 26.8 Å². The summed E-state index contributed by atoms with van der Waals surface area (Å²) in [6, 6.07) is 6.06. The van der Waals surface area contributed by atoms with Gasteiger partial charge in [-0.3, -0.25) is 20.0 Å². The van der Waals surface area contributed by atoms with Crippen molar-refractivity contribution < 1.29 is 27.2 Å². The summed E-state index contributed by atoms with van der Waals surface area (Å²) in [5.74, 6) is -1.27. The van der Waals surface area contributed by atoms with Gasteiger partial charge in [0.1, 0.15) is 17.3 Å². The standard InChI is InChI=1S/C30H34ClF4N5O2/c1-4-18(2)19(3)40(17-41)27-16-39(15-23(27)21-5-7-24(31)25(32)13-21)29(42)20-9-11-38(12-10-20)28(36)26-8-6-22(14-37-26)30(33,34)35/h4-8,13-14,17,19-20,23,27,36H,9-12,15-16H2,1-3H3. The van der Waals surface area contributed by atoms with Gasteiger partial charge in [-0.25, -0.2) is 4.39 Å². The SMILES string of the molecule is CC=C(C)C(C)N(C=O)C1CN(C(=O)C2CCN(C(=N)c3ccc(C(F)(F)F)cn3)CC2)CC1c1ccc(Cl)c(F)c1. The highest BCUT2D eigenvalue weighted by Gasteiger charge is 2.43. The molecule has 0 saturated carbocycles. The first kappa shape index (κ1) is 31.5. The fourth-order valence-electron chi connectivity index (χ4n) is 5.74. The first-order chi connectivity index (χ1) is 19.8. The van der Waals surface area contributed by atoms with Crippen molar-refractivity contribution >= 4 is 29.8 Å². The number of hydrogen-bond acceptors (Lipinski definition) is 4. The summed E-state index contributed by atoms with van der Waals surface area (Å²) in [4.78, 5) is 35.0. The second kappa shape index (κ2) is 12.8. The molecule has 4 rings (SSSR count). The number of likely N-dealkylation sites (tertiary alicyclic amines) is 2. The van der Waals surface area contributed by atoms with Crippen molar-refractivity contribution in [2.75, 3.05) is 26.2 Å². The number of carbonyl (C=O) groups excluding carboxylic acids is 2. The third-order valence-corrected chi connectivity index (χ3v) is 8.84. The van der Waals surface area contributed by atoms with Crippen molar-refractivity contribution in [3.63, 3.8) is 0 Å². The van der Waals surface area contributed by atoms with E-state index in [0.29, 0.717) is 50.8 Å². The van der Waals surface area contributed by atoms with Crippen LogP contribution in [0.5, 0.6) is 0 Å². The number of amides is 2. The van der Waals surface area contributed by atoms with Gasteiger partial charge in [0.15, 0.2) is 0 Å². The number of aromatic nitrogens is 1. The minimum Gasteiger partial charge on any atom is -0.355 e. The zero-order chi connectivity index (χ0) is 30.8. The van der Waals surface area contributed by atoms with Gasteiger partial charge < -0.3 is 14.7 Å². The van der Waals surface area contributed by atoms with Crippen LogP contribution in [0.2, 0.25) is 5.02 Å². The van der Waals surface area contributed by atoms with E-state index in [-0.39, 0.29) is 46.4 Å². The maximum absolute atomic E-state index is 14.4.